The highest BCUT2D eigenvalue weighted by Gasteiger charge is 2.25. The summed E-state index contributed by atoms with van der Waals surface area (Å²) in [5, 5.41) is 22.2. The summed E-state index contributed by atoms with van der Waals surface area (Å²) in [5.41, 5.74) is 1.94. The van der Waals surface area contributed by atoms with Crippen LogP contribution in [-0.2, 0) is 4.74 Å². The van der Waals surface area contributed by atoms with E-state index in [0.29, 0.717) is 13.2 Å². The van der Waals surface area contributed by atoms with Crippen molar-refractivity contribution in [3.05, 3.63) is 66.5 Å². The SMILES string of the molecule is CC(Sc1nnc(N2CCOCC2)n1-c1ccccc1)c1nnnn1-c1ccccc1. The number of nitrogens with zero attached hydrogens (tertiary/aromatic N) is 8. The minimum Gasteiger partial charge on any atom is -0.378 e. The van der Waals surface area contributed by atoms with Crippen molar-refractivity contribution in [2.75, 3.05) is 31.2 Å². The fourth-order valence-corrected chi connectivity index (χ4v) is 4.47. The number of para-hydroxylation sites is 2. The molecule has 2 aromatic heterocycles. The summed E-state index contributed by atoms with van der Waals surface area (Å²) < 4.78 is 9.38. The van der Waals surface area contributed by atoms with Crippen LogP contribution in [0, 0.1) is 0 Å². The van der Waals surface area contributed by atoms with Crippen molar-refractivity contribution in [3.63, 3.8) is 0 Å². The minimum absolute atomic E-state index is 0.0422. The van der Waals surface area contributed by atoms with Crippen LogP contribution in [0.5, 0.6) is 0 Å². The van der Waals surface area contributed by atoms with Crippen LogP contribution < -0.4 is 4.90 Å². The first-order valence-corrected chi connectivity index (χ1v) is 11.0. The lowest BCUT2D eigenvalue weighted by Gasteiger charge is -2.28. The zero-order valence-corrected chi connectivity index (χ0v) is 17.9. The number of morpholine rings is 1. The van der Waals surface area contributed by atoms with Gasteiger partial charge in [0, 0.05) is 13.1 Å². The lowest BCUT2D eigenvalue weighted by atomic mass is 10.3. The number of anilines is 1. The van der Waals surface area contributed by atoms with Gasteiger partial charge in [0.25, 0.3) is 0 Å². The molecule has 4 aromatic rings. The summed E-state index contributed by atoms with van der Waals surface area (Å²) in [6.07, 6.45) is 0. The molecule has 1 aliphatic rings. The van der Waals surface area contributed by atoms with Crippen molar-refractivity contribution in [2.24, 2.45) is 0 Å². The second kappa shape index (κ2) is 8.86. The summed E-state index contributed by atoms with van der Waals surface area (Å²) in [4.78, 5) is 2.21. The van der Waals surface area contributed by atoms with E-state index in [0.717, 1.165) is 41.4 Å². The first-order chi connectivity index (χ1) is 15.3. The quantitative estimate of drug-likeness (QED) is 0.428. The van der Waals surface area contributed by atoms with Crippen molar-refractivity contribution in [2.45, 2.75) is 17.3 Å². The van der Waals surface area contributed by atoms with Gasteiger partial charge in [0.05, 0.1) is 29.8 Å². The molecule has 2 aromatic carbocycles. The molecule has 0 radical (unpaired) electrons. The smallest absolute Gasteiger partial charge is 0.232 e. The Morgan fingerprint density at radius 2 is 1.55 bits per heavy atom. The number of thioether (sulfide) groups is 1. The molecule has 0 aliphatic carbocycles. The normalized spacial score (nSPS) is 15.2. The average molecular weight is 435 g/mol. The Kier molecular flexibility index (Phi) is 5.63. The predicted molar refractivity (Wildman–Crippen MR) is 118 cm³/mol. The molecule has 3 heterocycles. The van der Waals surface area contributed by atoms with E-state index in [9.17, 15) is 0 Å². The highest BCUT2D eigenvalue weighted by atomic mass is 32.2. The van der Waals surface area contributed by atoms with Crippen LogP contribution in [0.2, 0.25) is 0 Å². The molecule has 1 unspecified atom stereocenters. The second-order valence-electron chi connectivity index (χ2n) is 7.10. The Labute approximate surface area is 184 Å². The molecule has 5 rings (SSSR count). The van der Waals surface area contributed by atoms with Crippen LogP contribution in [0.4, 0.5) is 5.95 Å². The lowest BCUT2D eigenvalue weighted by Crippen LogP contribution is -2.37. The molecule has 1 fully saturated rings. The zero-order valence-electron chi connectivity index (χ0n) is 17.1. The Morgan fingerprint density at radius 1 is 0.871 bits per heavy atom. The maximum absolute atomic E-state index is 5.51. The highest BCUT2D eigenvalue weighted by molar-refractivity contribution is 7.99. The molecule has 31 heavy (non-hydrogen) atoms. The van der Waals surface area contributed by atoms with Crippen LogP contribution >= 0.6 is 11.8 Å². The van der Waals surface area contributed by atoms with Gasteiger partial charge in [0.15, 0.2) is 11.0 Å². The average Bonchev–Trinajstić information content (AvgIpc) is 3.48. The van der Waals surface area contributed by atoms with E-state index < -0.39 is 0 Å². The summed E-state index contributed by atoms with van der Waals surface area (Å²) in [5.74, 6) is 1.58. The predicted octanol–water partition coefficient (Wildman–Crippen LogP) is 2.93. The van der Waals surface area contributed by atoms with Crippen molar-refractivity contribution >= 4 is 17.7 Å². The molecule has 0 saturated carbocycles. The van der Waals surface area contributed by atoms with Crippen molar-refractivity contribution in [1.29, 1.82) is 0 Å². The van der Waals surface area contributed by atoms with Gasteiger partial charge < -0.3 is 9.64 Å². The number of hydrogen-bond acceptors (Lipinski definition) is 8. The molecule has 10 heteroatoms. The van der Waals surface area contributed by atoms with E-state index in [1.807, 2.05) is 48.5 Å². The molecule has 1 saturated heterocycles. The zero-order chi connectivity index (χ0) is 21.0. The van der Waals surface area contributed by atoms with E-state index in [1.165, 1.54) is 0 Å². The lowest BCUT2D eigenvalue weighted by molar-refractivity contribution is 0.122. The van der Waals surface area contributed by atoms with Gasteiger partial charge in [-0.05, 0) is 41.6 Å². The van der Waals surface area contributed by atoms with Crippen LogP contribution in [0.15, 0.2) is 65.8 Å². The Balaban J connectivity index is 1.49. The standard InChI is InChI=1S/C21H22N8OS/c1-16(19-22-25-26-29(19)18-10-6-3-7-11-18)31-21-24-23-20(27-12-14-30-15-13-27)28(21)17-8-4-2-5-9-17/h2-11,16H,12-15H2,1H3. The molecule has 9 nitrogen and oxygen atoms in total. The van der Waals surface area contributed by atoms with Crippen molar-refractivity contribution in [3.8, 4) is 11.4 Å². The molecular formula is C21H22N8OS. The summed E-state index contributed by atoms with van der Waals surface area (Å²) >= 11 is 1.58. The fourth-order valence-electron chi connectivity index (χ4n) is 3.52. The topological polar surface area (TPSA) is 86.8 Å². The summed E-state index contributed by atoms with van der Waals surface area (Å²) in [6, 6.07) is 20.1. The maximum Gasteiger partial charge on any atom is 0.232 e. The molecular weight excluding hydrogens is 412 g/mol. The number of benzene rings is 2. The number of tetrazole rings is 1. The van der Waals surface area contributed by atoms with Crippen LogP contribution in [0.3, 0.4) is 0 Å². The third-order valence-electron chi connectivity index (χ3n) is 5.06. The molecule has 158 valence electrons. The molecule has 0 amide bonds. The first kappa shape index (κ1) is 19.7. The largest absolute Gasteiger partial charge is 0.378 e. The van der Waals surface area contributed by atoms with Gasteiger partial charge in [-0.2, -0.15) is 4.68 Å². The van der Waals surface area contributed by atoms with E-state index in [4.69, 9.17) is 4.74 Å². The number of ether oxygens (including phenoxy) is 1. The van der Waals surface area contributed by atoms with Gasteiger partial charge in [-0.1, -0.05) is 48.2 Å². The van der Waals surface area contributed by atoms with E-state index in [1.54, 1.807) is 16.4 Å². The van der Waals surface area contributed by atoms with E-state index >= 15 is 0 Å². The molecule has 1 aliphatic heterocycles. The number of aromatic nitrogens is 7. The van der Waals surface area contributed by atoms with Gasteiger partial charge in [-0.25, -0.2) is 0 Å². The third-order valence-corrected chi connectivity index (χ3v) is 6.10. The molecule has 0 spiro atoms. The van der Waals surface area contributed by atoms with Gasteiger partial charge in [0.2, 0.25) is 5.95 Å². The van der Waals surface area contributed by atoms with Gasteiger partial charge in [-0.3, -0.25) is 4.57 Å². The van der Waals surface area contributed by atoms with Gasteiger partial charge >= 0.3 is 0 Å². The monoisotopic (exact) mass is 434 g/mol. The Morgan fingerprint density at radius 3 is 2.26 bits per heavy atom. The summed E-state index contributed by atoms with van der Waals surface area (Å²) in [6.45, 7) is 5.03. The van der Waals surface area contributed by atoms with Gasteiger partial charge in [-0.15, -0.1) is 15.3 Å². The first-order valence-electron chi connectivity index (χ1n) is 10.1. The van der Waals surface area contributed by atoms with Crippen LogP contribution in [0.25, 0.3) is 11.4 Å². The van der Waals surface area contributed by atoms with Crippen LogP contribution in [0.1, 0.15) is 18.0 Å². The number of hydrogen-bond donors (Lipinski definition) is 0. The highest BCUT2D eigenvalue weighted by Crippen LogP contribution is 2.36. The summed E-state index contributed by atoms with van der Waals surface area (Å²) in [7, 11) is 0. The van der Waals surface area contributed by atoms with Gasteiger partial charge in [0.1, 0.15) is 0 Å². The second-order valence-corrected chi connectivity index (χ2v) is 8.41. The Hall–Kier alpha value is -3.24. The van der Waals surface area contributed by atoms with Crippen LogP contribution in [-0.4, -0.2) is 61.3 Å². The fraction of sp³-hybridized carbons (Fsp3) is 0.286. The minimum atomic E-state index is -0.0422. The molecule has 0 bridgehead atoms. The third kappa shape index (κ3) is 4.04. The maximum atomic E-state index is 5.51. The van der Waals surface area contributed by atoms with E-state index in [2.05, 4.69) is 54.2 Å². The Bertz CT molecular complexity index is 1120. The molecule has 0 N–H and O–H groups in total. The van der Waals surface area contributed by atoms with E-state index in [-0.39, 0.29) is 5.25 Å². The number of rotatable bonds is 6. The van der Waals surface area contributed by atoms with Crippen molar-refractivity contribution in [1.82, 2.24) is 35.0 Å². The van der Waals surface area contributed by atoms with Crippen molar-refractivity contribution < 1.29 is 4.74 Å². The molecule has 1 atom stereocenters.